The number of esters is 1. The van der Waals surface area contributed by atoms with Crippen molar-refractivity contribution in [3.63, 3.8) is 0 Å². The SMILES string of the molecule is CC(C)OC(C)C.CCOC(C)=O.NC=O. The quantitative estimate of drug-likeness (QED) is 0.593. The van der Waals surface area contributed by atoms with Gasteiger partial charge in [-0.2, -0.15) is 0 Å². The molecule has 2 N–H and O–H groups in total. The Balaban J connectivity index is -0.000000172. The van der Waals surface area contributed by atoms with Gasteiger partial charge in [0, 0.05) is 6.92 Å². The molecule has 98 valence electrons. The molecule has 0 unspecified atom stereocenters. The summed E-state index contributed by atoms with van der Waals surface area (Å²) in [5.74, 6) is -0.211. The topological polar surface area (TPSA) is 78.6 Å². The van der Waals surface area contributed by atoms with Gasteiger partial charge in [0.15, 0.2) is 0 Å². The van der Waals surface area contributed by atoms with Crippen molar-refractivity contribution in [1.82, 2.24) is 0 Å². The van der Waals surface area contributed by atoms with Crippen LogP contribution in [0.25, 0.3) is 0 Å². The van der Waals surface area contributed by atoms with Crippen molar-refractivity contribution in [2.45, 2.75) is 53.8 Å². The van der Waals surface area contributed by atoms with Crippen LogP contribution in [0.4, 0.5) is 0 Å². The Morgan fingerprint density at radius 2 is 1.56 bits per heavy atom. The summed E-state index contributed by atoms with van der Waals surface area (Å²) in [5, 5.41) is 0. The predicted octanol–water partition coefficient (Wildman–Crippen LogP) is 1.49. The van der Waals surface area contributed by atoms with E-state index in [1.165, 1.54) is 6.92 Å². The molecule has 0 heterocycles. The molecule has 0 atom stereocenters. The second kappa shape index (κ2) is 16.3. The average Bonchev–Trinajstić information content (AvgIpc) is 2.02. The van der Waals surface area contributed by atoms with Crippen LogP contribution in [-0.2, 0) is 19.1 Å². The molecule has 5 nitrogen and oxygen atoms in total. The first-order valence-electron chi connectivity index (χ1n) is 5.25. The van der Waals surface area contributed by atoms with E-state index >= 15 is 0 Å². The number of nitrogens with two attached hydrogens (primary N) is 1. The van der Waals surface area contributed by atoms with Gasteiger partial charge < -0.3 is 15.2 Å². The van der Waals surface area contributed by atoms with Crippen LogP contribution in [0.1, 0.15) is 41.5 Å². The summed E-state index contributed by atoms with van der Waals surface area (Å²) in [4.78, 5) is 18.4. The number of hydrogen-bond acceptors (Lipinski definition) is 4. The molecule has 0 saturated carbocycles. The summed E-state index contributed by atoms with van der Waals surface area (Å²) in [5.41, 5.74) is 4.17. The minimum Gasteiger partial charge on any atom is -0.466 e. The van der Waals surface area contributed by atoms with Crippen molar-refractivity contribution < 1.29 is 19.1 Å². The predicted molar refractivity (Wildman–Crippen MR) is 63.9 cm³/mol. The van der Waals surface area contributed by atoms with Gasteiger partial charge in [0.25, 0.3) is 0 Å². The number of ether oxygens (including phenoxy) is 2. The van der Waals surface area contributed by atoms with Crippen LogP contribution in [0.2, 0.25) is 0 Å². The first-order chi connectivity index (χ1) is 7.31. The number of carbonyl (C=O) groups is 2. The van der Waals surface area contributed by atoms with Crippen LogP contribution in [0.15, 0.2) is 0 Å². The van der Waals surface area contributed by atoms with Gasteiger partial charge in [-0.1, -0.05) is 0 Å². The fourth-order valence-electron chi connectivity index (χ4n) is 0.748. The summed E-state index contributed by atoms with van der Waals surface area (Å²) >= 11 is 0. The summed E-state index contributed by atoms with van der Waals surface area (Å²) in [6.07, 6.45) is 1.000. The maximum absolute atomic E-state index is 9.82. The third kappa shape index (κ3) is 52.5. The normalized spacial score (nSPS) is 8.50. The Kier molecular flexibility index (Phi) is 20.8. The Morgan fingerprint density at radius 1 is 1.25 bits per heavy atom. The van der Waals surface area contributed by atoms with E-state index in [2.05, 4.69) is 10.5 Å². The summed E-state index contributed by atoms with van der Waals surface area (Å²) in [6, 6.07) is 0. The molecule has 16 heavy (non-hydrogen) atoms. The lowest BCUT2D eigenvalue weighted by Gasteiger charge is -2.09. The Morgan fingerprint density at radius 3 is 1.56 bits per heavy atom. The zero-order valence-electron chi connectivity index (χ0n) is 11.1. The van der Waals surface area contributed by atoms with Crippen molar-refractivity contribution in [3.05, 3.63) is 0 Å². The molecule has 5 heteroatoms. The van der Waals surface area contributed by atoms with E-state index in [0.29, 0.717) is 18.8 Å². The highest BCUT2D eigenvalue weighted by Crippen LogP contribution is 1.93. The Bertz CT molecular complexity index is 152. The van der Waals surface area contributed by atoms with Gasteiger partial charge in [-0.15, -0.1) is 0 Å². The monoisotopic (exact) mass is 235 g/mol. The number of amides is 1. The largest absolute Gasteiger partial charge is 0.466 e. The lowest BCUT2D eigenvalue weighted by Crippen LogP contribution is -2.09. The number of rotatable bonds is 3. The molecular formula is C11H25NO4. The fraction of sp³-hybridized carbons (Fsp3) is 0.818. The Labute approximate surface area is 98.3 Å². The van der Waals surface area contributed by atoms with Crippen molar-refractivity contribution in [2.75, 3.05) is 6.61 Å². The highest BCUT2D eigenvalue weighted by Gasteiger charge is 1.94. The van der Waals surface area contributed by atoms with Crippen LogP contribution in [0.5, 0.6) is 0 Å². The van der Waals surface area contributed by atoms with Crippen LogP contribution < -0.4 is 5.73 Å². The van der Waals surface area contributed by atoms with Gasteiger partial charge in [-0.05, 0) is 34.6 Å². The zero-order valence-corrected chi connectivity index (χ0v) is 11.1. The van der Waals surface area contributed by atoms with Crippen LogP contribution in [-0.4, -0.2) is 31.2 Å². The molecule has 0 aliphatic heterocycles. The van der Waals surface area contributed by atoms with Crippen LogP contribution in [0, 0.1) is 0 Å². The first-order valence-corrected chi connectivity index (χ1v) is 5.25. The van der Waals surface area contributed by atoms with E-state index in [1.807, 2.05) is 27.7 Å². The van der Waals surface area contributed by atoms with E-state index in [0.717, 1.165) is 0 Å². The van der Waals surface area contributed by atoms with Crippen molar-refractivity contribution in [2.24, 2.45) is 5.73 Å². The fourth-order valence-corrected chi connectivity index (χ4v) is 0.748. The number of carbonyl (C=O) groups excluding carboxylic acids is 2. The molecule has 0 radical (unpaired) electrons. The second-order valence-corrected chi connectivity index (χ2v) is 3.29. The molecule has 0 saturated heterocycles. The zero-order chi connectivity index (χ0) is 13.6. The number of primary amides is 1. The van der Waals surface area contributed by atoms with Gasteiger partial charge in [-0.3, -0.25) is 9.59 Å². The van der Waals surface area contributed by atoms with Gasteiger partial charge in [0.2, 0.25) is 6.41 Å². The molecule has 0 aromatic rings. The molecule has 1 amide bonds. The molecule has 0 aliphatic rings. The second-order valence-electron chi connectivity index (χ2n) is 3.29. The minimum absolute atomic E-state index is 0.211. The van der Waals surface area contributed by atoms with E-state index in [1.54, 1.807) is 6.92 Å². The highest BCUT2D eigenvalue weighted by atomic mass is 16.5. The van der Waals surface area contributed by atoms with Gasteiger partial charge in [0.05, 0.1) is 18.8 Å². The first kappa shape index (κ1) is 20.3. The smallest absolute Gasteiger partial charge is 0.302 e. The number of hydrogen-bond donors (Lipinski definition) is 1. The maximum atomic E-state index is 9.82. The molecule has 0 spiro atoms. The average molecular weight is 235 g/mol. The van der Waals surface area contributed by atoms with E-state index < -0.39 is 0 Å². The molecule has 0 aromatic heterocycles. The van der Waals surface area contributed by atoms with Crippen molar-refractivity contribution in [1.29, 1.82) is 0 Å². The molecule has 0 aliphatic carbocycles. The summed E-state index contributed by atoms with van der Waals surface area (Å²) in [6.45, 7) is 11.8. The van der Waals surface area contributed by atoms with Gasteiger partial charge in [-0.25, -0.2) is 0 Å². The molecule has 0 fully saturated rings. The summed E-state index contributed by atoms with van der Waals surface area (Å²) < 4.78 is 9.65. The van der Waals surface area contributed by atoms with Gasteiger partial charge in [0.1, 0.15) is 0 Å². The highest BCUT2D eigenvalue weighted by molar-refractivity contribution is 5.65. The molecule has 0 rings (SSSR count). The van der Waals surface area contributed by atoms with Crippen molar-refractivity contribution >= 4 is 12.4 Å². The third-order valence-electron chi connectivity index (χ3n) is 0.892. The van der Waals surface area contributed by atoms with E-state index in [4.69, 9.17) is 9.53 Å². The van der Waals surface area contributed by atoms with E-state index in [-0.39, 0.29) is 12.4 Å². The van der Waals surface area contributed by atoms with Gasteiger partial charge >= 0.3 is 5.97 Å². The minimum atomic E-state index is -0.211. The Hall–Kier alpha value is -1.10. The molecule has 0 aromatic carbocycles. The summed E-state index contributed by atoms with van der Waals surface area (Å²) in [7, 11) is 0. The van der Waals surface area contributed by atoms with Crippen molar-refractivity contribution in [3.8, 4) is 0 Å². The lowest BCUT2D eigenvalue weighted by atomic mass is 10.4. The van der Waals surface area contributed by atoms with Crippen LogP contribution >= 0.6 is 0 Å². The molecule has 0 bridgehead atoms. The standard InChI is InChI=1S/C6H14O.C4H8O2.CH3NO/c1-5(2)7-6(3)4;1-3-6-4(2)5;2-1-3/h5-6H,1-4H3;3H2,1-2H3;1H,(H2,2,3). The van der Waals surface area contributed by atoms with E-state index in [9.17, 15) is 4.79 Å². The van der Waals surface area contributed by atoms with Crippen LogP contribution in [0.3, 0.4) is 0 Å². The molecular weight excluding hydrogens is 210 g/mol. The lowest BCUT2D eigenvalue weighted by molar-refractivity contribution is -0.140. The maximum Gasteiger partial charge on any atom is 0.302 e. The third-order valence-corrected chi connectivity index (χ3v) is 0.892.